The Morgan fingerprint density at radius 3 is 2.54 bits per heavy atom. The highest BCUT2D eigenvalue weighted by Gasteiger charge is 2.36. The summed E-state index contributed by atoms with van der Waals surface area (Å²) in [6.07, 6.45) is 0.0892. The van der Waals surface area contributed by atoms with E-state index in [1.165, 1.54) is 0 Å². The molecule has 1 atom stereocenters. The minimum Gasteiger partial charge on any atom is -0.455 e. The third-order valence-electron chi connectivity index (χ3n) is 5.00. The van der Waals surface area contributed by atoms with E-state index in [1.807, 2.05) is 57.2 Å². The molecule has 0 unspecified atom stereocenters. The smallest absolute Gasteiger partial charge is 0.311 e. The zero-order valence-electron chi connectivity index (χ0n) is 16.3. The number of esters is 1. The van der Waals surface area contributed by atoms with Crippen molar-refractivity contribution in [3.8, 4) is 0 Å². The summed E-state index contributed by atoms with van der Waals surface area (Å²) in [5, 5.41) is 2.71. The van der Waals surface area contributed by atoms with Crippen LogP contribution in [-0.4, -0.2) is 30.9 Å². The van der Waals surface area contributed by atoms with Crippen molar-refractivity contribution in [1.29, 1.82) is 0 Å². The van der Waals surface area contributed by atoms with Crippen LogP contribution in [0.3, 0.4) is 0 Å². The van der Waals surface area contributed by atoms with E-state index in [4.69, 9.17) is 4.74 Å². The van der Waals surface area contributed by atoms with Crippen molar-refractivity contribution < 1.29 is 19.1 Å². The van der Waals surface area contributed by atoms with E-state index in [0.29, 0.717) is 5.69 Å². The number of hydrogen-bond donors (Lipinski definition) is 1. The standard InChI is InChI=1S/C22H24N2O4/c1-14-8-9-18(10-16(14)3)23-20(25)13-28-22(27)17-11-21(26)24(12-17)19-7-5-4-6-15(19)2/h4-10,17H,11-13H2,1-3H3,(H,23,25)/t17-/m1/s1. The molecule has 0 spiro atoms. The molecule has 2 amide bonds. The number of benzene rings is 2. The Kier molecular flexibility index (Phi) is 5.78. The largest absolute Gasteiger partial charge is 0.455 e. The third kappa shape index (κ3) is 4.39. The molecular formula is C22H24N2O4. The van der Waals surface area contributed by atoms with Crippen molar-refractivity contribution in [3.63, 3.8) is 0 Å². The van der Waals surface area contributed by atoms with E-state index in [-0.39, 0.29) is 25.5 Å². The summed E-state index contributed by atoms with van der Waals surface area (Å²) < 4.78 is 5.15. The van der Waals surface area contributed by atoms with Gasteiger partial charge in [-0.1, -0.05) is 24.3 Å². The van der Waals surface area contributed by atoms with E-state index < -0.39 is 17.8 Å². The zero-order valence-corrected chi connectivity index (χ0v) is 16.3. The average Bonchev–Trinajstić information content (AvgIpc) is 3.05. The average molecular weight is 380 g/mol. The lowest BCUT2D eigenvalue weighted by Gasteiger charge is -2.18. The van der Waals surface area contributed by atoms with Gasteiger partial charge in [0, 0.05) is 24.3 Å². The first-order valence-corrected chi connectivity index (χ1v) is 9.25. The van der Waals surface area contributed by atoms with Gasteiger partial charge in [-0.15, -0.1) is 0 Å². The molecule has 3 rings (SSSR count). The number of anilines is 2. The molecule has 2 aromatic carbocycles. The Balaban J connectivity index is 1.54. The Labute approximate surface area is 164 Å². The van der Waals surface area contributed by atoms with Crippen LogP contribution in [0.2, 0.25) is 0 Å². The molecule has 0 aromatic heterocycles. The van der Waals surface area contributed by atoms with Gasteiger partial charge >= 0.3 is 5.97 Å². The quantitative estimate of drug-likeness (QED) is 0.809. The number of nitrogens with zero attached hydrogens (tertiary/aromatic N) is 1. The Bertz CT molecular complexity index is 923. The number of ether oxygens (including phenoxy) is 1. The number of amides is 2. The van der Waals surface area contributed by atoms with Gasteiger partial charge in [0.05, 0.1) is 5.92 Å². The number of carbonyl (C=O) groups excluding carboxylic acids is 3. The molecule has 1 heterocycles. The van der Waals surface area contributed by atoms with E-state index in [9.17, 15) is 14.4 Å². The van der Waals surface area contributed by atoms with Crippen LogP contribution < -0.4 is 10.2 Å². The molecule has 0 aliphatic carbocycles. The Hall–Kier alpha value is -3.15. The molecule has 2 aromatic rings. The molecule has 6 heteroatoms. The van der Waals surface area contributed by atoms with Crippen LogP contribution >= 0.6 is 0 Å². The maximum atomic E-state index is 12.3. The van der Waals surface area contributed by atoms with Crippen molar-refractivity contribution in [2.75, 3.05) is 23.4 Å². The van der Waals surface area contributed by atoms with Crippen LogP contribution in [0.4, 0.5) is 11.4 Å². The fourth-order valence-electron chi connectivity index (χ4n) is 3.24. The molecule has 1 saturated heterocycles. The van der Waals surface area contributed by atoms with Gasteiger partial charge in [-0.3, -0.25) is 14.4 Å². The number of rotatable bonds is 5. The lowest BCUT2D eigenvalue weighted by atomic mass is 10.1. The van der Waals surface area contributed by atoms with E-state index in [1.54, 1.807) is 11.0 Å². The monoisotopic (exact) mass is 380 g/mol. The molecule has 1 fully saturated rings. The van der Waals surface area contributed by atoms with Crippen LogP contribution in [0, 0.1) is 26.7 Å². The van der Waals surface area contributed by atoms with E-state index in [0.717, 1.165) is 22.4 Å². The van der Waals surface area contributed by atoms with Gasteiger partial charge in [0.2, 0.25) is 5.91 Å². The highest BCUT2D eigenvalue weighted by Crippen LogP contribution is 2.28. The highest BCUT2D eigenvalue weighted by molar-refractivity contribution is 6.00. The molecule has 28 heavy (non-hydrogen) atoms. The zero-order chi connectivity index (χ0) is 20.3. The SMILES string of the molecule is Cc1ccc(NC(=O)COC(=O)[C@@H]2CC(=O)N(c3ccccc3C)C2)cc1C. The predicted molar refractivity (Wildman–Crippen MR) is 107 cm³/mol. The minimum atomic E-state index is -0.568. The molecule has 1 aliphatic rings. The Morgan fingerprint density at radius 1 is 1.07 bits per heavy atom. The second-order valence-electron chi connectivity index (χ2n) is 7.15. The lowest BCUT2D eigenvalue weighted by molar-refractivity contribution is -0.151. The van der Waals surface area contributed by atoms with Gasteiger partial charge in [0.1, 0.15) is 0 Å². The predicted octanol–water partition coefficient (Wildman–Crippen LogP) is 3.15. The van der Waals surface area contributed by atoms with Gasteiger partial charge in [0.15, 0.2) is 6.61 Å². The number of carbonyl (C=O) groups is 3. The normalized spacial score (nSPS) is 16.2. The summed E-state index contributed by atoms with van der Waals surface area (Å²) in [5.74, 6) is -1.62. The number of aryl methyl sites for hydroxylation is 3. The fraction of sp³-hybridized carbons (Fsp3) is 0.318. The number of nitrogens with one attached hydrogen (secondary N) is 1. The molecule has 0 bridgehead atoms. The van der Waals surface area contributed by atoms with Gasteiger partial charge in [0.25, 0.3) is 5.91 Å². The van der Waals surface area contributed by atoms with Crippen molar-refractivity contribution >= 4 is 29.2 Å². The highest BCUT2D eigenvalue weighted by atomic mass is 16.5. The van der Waals surface area contributed by atoms with E-state index in [2.05, 4.69) is 5.32 Å². The first-order valence-electron chi connectivity index (χ1n) is 9.25. The van der Waals surface area contributed by atoms with Crippen LogP contribution in [-0.2, 0) is 19.1 Å². The minimum absolute atomic E-state index is 0.0892. The molecule has 1 aliphatic heterocycles. The van der Waals surface area contributed by atoms with Gasteiger partial charge < -0.3 is 15.0 Å². The Morgan fingerprint density at radius 2 is 1.82 bits per heavy atom. The second kappa shape index (κ2) is 8.25. The molecular weight excluding hydrogens is 356 g/mol. The first kappa shape index (κ1) is 19.6. The summed E-state index contributed by atoms with van der Waals surface area (Å²) in [6, 6.07) is 13.1. The third-order valence-corrected chi connectivity index (χ3v) is 5.00. The number of para-hydroxylation sites is 1. The molecule has 6 nitrogen and oxygen atoms in total. The summed E-state index contributed by atoms with van der Waals surface area (Å²) in [4.78, 5) is 38.3. The van der Waals surface area contributed by atoms with Gasteiger partial charge in [-0.25, -0.2) is 0 Å². The second-order valence-corrected chi connectivity index (χ2v) is 7.15. The molecule has 1 N–H and O–H groups in total. The summed E-state index contributed by atoms with van der Waals surface area (Å²) in [7, 11) is 0. The van der Waals surface area contributed by atoms with Gasteiger partial charge in [-0.2, -0.15) is 0 Å². The van der Waals surface area contributed by atoms with Crippen molar-refractivity contribution in [1.82, 2.24) is 0 Å². The lowest BCUT2D eigenvalue weighted by Crippen LogP contribution is -2.28. The first-order chi connectivity index (χ1) is 13.3. The summed E-state index contributed by atoms with van der Waals surface area (Å²) in [5.41, 5.74) is 4.63. The van der Waals surface area contributed by atoms with Crippen LogP contribution in [0.1, 0.15) is 23.1 Å². The summed E-state index contributed by atoms with van der Waals surface area (Å²) in [6.45, 7) is 5.77. The molecule has 0 radical (unpaired) electrons. The van der Waals surface area contributed by atoms with Crippen molar-refractivity contribution in [3.05, 3.63) is 59.2 Å². The van der Waals surface area contributed by atoms with Crippen LogP contribution in [0.25, 0.3) is 0 Å². The van der Waals surface area contributed by atoms with Gasteiger partial charge in [-0.05, 0) is 55.7 Å². The fourth-order valence-corrected chi connectivity index (χ4v) is 3.24. The van der Waals surface area contributed by atoms with Crippen molar-refractivity contribution in [2.45, 2.75) is 27.2 Å². The van der Waals surface area contributed by atoms with Crippen molar-refractivity contribution in [2.24, 2.45) is 5.92 Å². The molecule has 0 saturated carbocycles. The summed E-state index contributed by atoms with van der Waals surface area (Å²) >= 11 is 0. The van der Waals surface area contributed by atoms with E-state index >= 15 is 0 Å². The maximum absolute atomic E-state index is 12.3. The topological polar surface area (TPSA) is 75.7 Å². The number of hydrogen-bond acceptors (Lipinski definition) is 4. The van der Waals surface area contributed by atoms with Crippen LogP contribution in [0.15, 0.2) is 42.5 Å². The molecule has 146 valence electrons. The maximum Gasteiger partial charge on any atom is 0.311 e. The van der Waals surface area contributed by atoms with Crippen LogP contribution in [0.5, 0.6) is 0 Å².